The lowest BCUT2D eigenvalue weighted by molar-refractivity contribution is -0.134. The van der Waals surface area contributed by atoms with Gasteiger partial charge in [-0.1, -0.05) is 6.07 Å². The normalized spacial score (nSPS) is 25.8. The van der Waals surface area contributed by atoms with Crippen molar-refractivity contribution in [2.45, 2.75) is 44.2 Å². The largest absolute Gasteiger partial charge is 0.467 e. The van der Waals surface area contributed by atoms with Gasteiger partial charge in [-0.15, -0.1) is 11.3 Å². The first kappa shape index (κ1) is 19.0. The van der Waals surface area contributed by atoms with Crippen LogP contribution < -0.4 is 0 Å². The molecule has 5 heterocycles. The number of hydrogen-bond donors (Lipinski definition) is 0. The van der Waals surface area contributed by atoms with Gasteiger partial charge in [0.05, 0.1) is 23.4 Å². The Kier molecular flexibility index (Phi) is 5.52. The molecule has 2 fully saturated rings. The van der Waals surface area contributed by atoms with Crippen LogP contribution in [-0.2, 0) is 4.79 Å². The van der Waals surface area contributed by atoms with Crippen LogP contribution in [0.2, 0.25) is 0 Å². The van der Waals surface area contributed by atoms with Crippen LogP contribution in [0.1, 0.15) is 48.8 Å². The summed E-state index contributed by atoms with van der Waals surface area (Å²) in [6, 6.07) is 8.28. The van der Waals surface area contributed by atoms with E-state index in [0.717, 1.165) is 29.4 Å². The van der Waals surface area contributed by atoms with Crippen molar-refractivity contribution < 1.29 is 9.21 Å². The summed E-state index contributed by atoms with van der Waals surface area (Å²) in [5.41, 5.74) is 0.977. The van der Waals surface area contributed by atoms with Crippen LogP contribution in [0.15, 0.2) is 45.4 Å². The van der Waals surface area contributed by atoms with Crippen molar-refractivity contribution in [1.82, 2.24) is 14.8 Å². The van der Waals surface area contributed by atoms with Crippen molar-refractivity contribution in [3.8, 4) is 0 Å². The Hall–Kier alpha value is -1.96. The number of hydrazone groups is 1. The first-order valence-electron chi connectivity index (χ1n) is 10.7. The molecule has 0 saturated carbocycles. The van der Waals surface area contributed by atoms with Crippen LogP contribution in [-0.4, -0.2) is 65.2 Å². The summed E-state index contributed by atoms with van der Waals surface area (Å²) in [6.45, 7) is 4.96. The molecule has 2 aromatic heterocycles. The minimum absolute atomic E-state index is 0.0753. The lowest BCUT2D eigenvalue weighted by Gasteiger charge is -2.29. The number of likely N-dealkylation sites (tertiary alicyclic amines) is 2. The highest BCUT2D eigenvalue weighted by atomic mass is 32.1. The highest BCUT2D eigenvalue weighted by Crippen LogP contribution is 2.34. The SMILES string of the molecule is O=C(CN1CCCC1CN1CCCC1)N1N=C(c2cccs2)CC1c1ccco1. The number of carbonyl (C=O) groups is 1. The Labute approximate surface area is 175 Å². The highest BCUT2D eigenvalue weighted by molar-refractivity contribution is 7.12. The van der Waals surface area contributed by atoms with Crippen LogP contribution in [0.4, 0.5) is 0 Å². The van der Waals surface area contributed by atoms with Crippen LogP contribution in [0, 0.1) is 0 Å². The molecule has 0 aromatic carbocycles. The molecule has 1 amide bonds. The zero-order valence-corrected chi connectivity index (χ0v) is 17.5. The van der Waals surface area contributed by atoms with Crippen molar-refractivity contribution in [2.24, 2.45) is 5.10 Å². The smallest absolute Gasteiger partial charge is 0.257 e. The maximum atomic E-state index is 13.3. The molecule has 2 saturated heterocycles. The fourth-order valence-corrected chi connectivity index (χ4v) is 5.57. The third kappa shape index (κ3) is 4.04. The van der Waals surface area contributed by atoms with E-state index < -0.39 is 0 Å². The van der Waals surface area contributed by atoms with Gasteiger partial charge < -0.3 is 9.32 Å². The first-order valence-corrected chi connectivity index (χ1v) is 11.6. The lowest BCUT2D eigenvalue weighted by atomic mass is 10.1. The Bertz CT molecular complexity index is 842. The molecule has 3 aliphatic heterocycles. The first-order chi connectivity index (χ1) is 14.3. The molecule has 154 valence electrons. The second-order valence-corrected chi connectivity index (χ2v) is 9.22. The number of nitrogens with zero attached hydrogens (tertiary/aromatic N) is 4. The van der Waals surface area contributed by atoms with Crippen LogP contribution >= 0.6 is 11.3 Å². The summed E-state index contributed by atoms with van der Waals surface area (Å²) >= 11 is 1.67. The minimum atomic E-state index is -0.144. The van der Waals surface area contributed by atoms with Crippen molar-refractivity contribution in [3.05, 3.63) is 46.5 Å². The second-order valence-electron chi connectivity index (χ2n) is 8.27. The highest BCUT2D eigenvalue weighted by Gasteiger charge is 2.37. The Morgan fingerprint density at radius 3 is 2.83 bits per heavy atom. The predicted molar refractivity (Wildman–Crippen MR) is 114 cm³/mol. The molecule has 0 spiro atoms. The maximum Gasteiger partial charge on any atom is 0.257 e. The van der Waals surface area contributed by atoms with Crippen molar-refractivity contribution >= 4 is 23.0 Å². The monoisotopic (exact) mass is 412 g/mol. The molecule has 2 unspecified atom stereocenters. The molecular formula is C22H28N4O2S. The molecule has 0 N–H and O–H groups in total. The van der Waals surface area contributed by atoms with E-state index in [1.807, 2.05) is 18.2 Å². The van der Waals surface area contributed by atoms with E-state index in [1.54, 1.807) is 22.6 Å². The molecule has 2 aromatic rings. The third-order valence-corrected chi connectivity index (χ3v) is 7.27. The molecular weight excluding hydrogens is 384 g/mol. The second kappa shape index (κ2) is 8.42. The van der Waals surface area contributed by atoms with E-state index in [4.69, 9.17) is 9.52 Å². The van der Waals surface area contributed by atoms with E-state index in [2.05, 4.69) is 21.2 Å². The number of hydrogen-bond acceptors (Lipinski definition) is 6. The molecule has 29 heavy (non-hydrogen) atoms. The lowest BCUT2D eigenvalue weighted by Crippen LogP contribution is -2.44. The number of furan rings is 1. The summed E-state index contributed by atoms with van der Waals surface area (Å²) in [5, 5.41) is 8.48. The van der Waals surface area contributed by atoms with Gasteiger partial charge in [-0.05, 0) is 68.9 Å². The van der Waals surface area contributed by atoms with Gasteiger partial charge in [0, 0.05) is 19.0 Å². The molecule has 2 atom stereocenters. The van der Waals surface area contributed by atoms with Crippen LogP contribution in [0.25, 0.3) is 0 Å². The van der Waals surface area contributed by atoms with Gasteiger partial charge in [-0.2, -0.15) is 5.10 Å². The average molecular weight is 413 g/mol. The zero-order valence-electron chi connectivity index (χ0n) is 16.7. The third-order valence-electron chi connectivity index (χ3n) is 6.35. The predicted octanol–water partition coefficient (Wildman–Crippen LogP) is 3.58. The fraction of sp³-hybridized carbons (Fsp3) is 0.545. The van der Waals surface area contributed by atoms with E-state index in [1.165, 1.54) is 38.8 Å². The molecule has 0 radical (unpaired) electrons. The number of carbonyl (C=O) groups excluding carboxylic acids is 1. The Balaban J connectivity index is 1.31. The summed E-state index contributed by atoms with van der Waals surface area (Å²) in [4.78, 5) is 19.4. The standard InChI is InChI=1S/C22H28N4O2S/c27-22(16-25-11-3-6-17(25)15-24-9-1-2-10-24)26-19(20-7-4-12-28-20)14-18(23-26)21-8-5-13-29-21/h4-5,7-8,12-13,17,19H,1-3,6,9-11,14-16H2. The van der Waals surface area contributed by atoms with E-state index >= 15 is 0 Å². The van der Waals surface area contributed by atoms with Gasteiger partial charge >= 0.3 is 0 Å². The van der Waals surface area contributed by atoms with Gasteiger partial charge in [0.25, 0.3) is 5.91 Å². The van der Waals surface area contributed by atoms with Gasteiger partial charge in [-0.3, -0.25) is 9.69 Å². The van der Waals surface area contributed by atoms with Crippen LogP contribution in [0.5, 0.6) is 0 Å². The number of amides is 1. The van der Waals surface area contributed by atoms with Crippen molar-refractivity contribution in [2.75, 3.05) is 32.7 Å². The average Bonchev–Trinajstić information content (AvgIpc) is 3.53. The zero-order chi connectivity index (χ0) is 19.6. The van der Waals surface area contributed by atoms with Gasteiger partial charge in [0.15, 0.2) is 0 Å². The van der Waals surface area contributed by atoms with Crippen molar-refractivity contribution in [1.29, 1.82) is 0 Å². The Morgan fingerprint density at radius 2 is 2.07 bits per heavy atom. The minimum Gasteiger partial charge on any atom is -0.467 e. The van der Waals surface area contributed by atoms with Gasteiger partial charge in [0.2, 0.25) is 0 Å². The van der Waals surface area contributed by atoms with Gasteiger partial charge in [-0.25, -0.2) is 5.01 Å². The molecule has 7 heteroatoms. The fourth-order valence-electron chi connectivity index (χ4n) is 4.85. The van der Waals surface area contributed by atoms with Crippen LogP contribution in [0.3, 0.4) is 0 Å². The van der Waals surface area contributed by atoms with Gasteiger partial charge in [0.1, 0.15) is 11.8 Å². The van der Waals surface area contributed by atoms with E-state index in [0.29, 0.717) is 19.0 Å². The topological polar surface area (TPSA) is 52.3 Å². The quantitative estimate of drug-likeness (QED) is 0.728. The number of thiophene rings is 1. The summed E-state index contributed by atoms with van der Waals surface area (Å²) in [5.74, 6) is 0.884. The molecule has 3 aliphatic rings. The van der Waals surface area contributed by atoms with E-state index in [9.17, 15) is 4.79 Å². The Morgan fingerprint density at radius 1 is 1.17 bits per heavy atom. The summed E-state index contributed by atoms with van der Waals surface area (Å²) < 4.78 is 5.66. The number of rotatable bonds is 6. The molecule has 5 rings (SSSR count). The molecule has 0 bridgehead atoms. The van der Waals surface area contributed by atoms with Crippen molar-refractivity contribution in [3.63, 3.8) is 0 Å². The summed E-state index contributed by atoms with van der Waals surface area (Å²) in [6.07, 6.45) is 7.37. The van der Waals surface area contributed by atoms with E-state index in [-0.39, 0.29) is 11.9 Å². The maximum absolute atomic E-state index is 13.3. The molecule has 6 nitrogen and oxygen atoms in total. The molecule has 0 aliphatic carbocycles. The summed E-state index contributed by atoms with van der Waals surface area (Å²) in [7, 11) is 0.